The number of amides is 1. The maximum Gasteiger partial charge on any atom is 0.231 e. The molecule has 0 saturated carbocycles. The molecule has 1 aliphatic heterocycles. The van der Waals surface area contributed by atoms with E-state index in [0.29, 0.717) is 25.2 Å². The van der Waals surface area contributed by atoms with E-state index in [4.69, 9.17) is 11.5 Å². The zero-order valence-electron chi connectivity index (χ0n) is 8.20. The van der Waals surface area contributed by atoms with Crippen molar-refractivity contribution in [2.75, 3.05) is 13.1 Å². The summed E-state index contributed by atoms with van der Waals surface area (Å²) in [7, 11) is 0. The first-order chi connectivity index (χ1) is 6.15. The minimum absolute atomic E-state index is 0.257. The van der Waals surface area contributed by atoms with Crippen LogP contribution < -0.4 is 11.5 Å². The molecule has 1 rings (SSSR count). The number of piperidine rings is 1. The second-order valence-electron chi connectivity index (χ2n) is 3.81. The highest BCUT2D eigenvalue weighted by molar-refractivity contribution is 5.76. The topological polar surface area (TPSA) is 72.3 Å². The van der Waals surface area contributed by atoms with E-state index < -0.39 is 0 Å². The van der Waals surface area contributed by atoms with Crippen LogP contribution in [0.4, 0.5) is 0 Å². The summed E-state index contributed by atoms with van der Waals surface area (Å²) in [5.41, 5.74) is 10.8. The minimum Gasteiger partial charge on any atom is -0.369 e. The minimum atomic E-state index is -0.257. The van der Waals surface area contributed by atoms with Gasteiger partial charge in [0.1, 0.15) is 0 Å². The molecule has 2 atom stereocenters. The Hall–Kier alpha value is -0.610. The summed E-state index contributed by atoms with van der Waals surface area (Å²) in [4.78, 5) is 12.9. The molecule has 0 aromatic rings. The van der Waals surface area contributed by atoms with Gasteiger partial charge in [0.2, 0.25) is 5.91 Å². The van der Waals surface area contributed by atoms with Crippen LogP contribution in [0.15, 0.2) is 0 Å². The molecule has 0 aromatic carbocycles. The van der Waals surface area contributed by atoms with Gasteiger partial charge in [-0.05, 0) is 19.8 Å². The van der Waals surface area contributed by atoms with E-state index in [2.05, 4.69) is 11.8 Å². The van der Waals surface area contributed by atoms with E-state index in [0.717, 1.165) is 12.8 Å². The third-order valence-electron chi connectivity index (χ3n) is 2.80. The van der Waals surface area contributed by atoms with Crippen molar-refractivity contribution in [1.82, 2.24) is 4.90 Å². The van der Waals surface area contributed by atoms with Crippen LogP contribution in [-0.4, -0.2) is 36.0 Å². The second kappa shape index (κ2) is 4.58. The number of nitrogens with two attached hydrogens (primary N) is 2. The standard InChI is InChI=1S/C9H19N3O/c1-7-3-2-4-8(5-10)12(7)6-9(11)13/h7-8H,2-6,10H2,1H3,(H2,11,13). The van der Waals surface area contributed by atoms with Crippen LogP contribution in [0.1, 0.15) is 26.2 Å². The molecule has 1 aliphatic rings. The van der Waals surface area contributed by atoms with Gasteiger partial charge in [0, 0.05) is 18.6 Å². The van der Waals surface area contributed by atoms with Crippen LogP contribution >= 0.6 is 0 Å². The van der Waals surface area contributed by atoms with Gasteiger partial charge in [0.25, 0.3) is 0 Å². The molecule has 76 valence electrons. The second-order valence-corrected chi connectivity index (χ2v) is 3.81. The lowest BCUT2D eigenvalue weighted by Crippen LogP contribution is -2.51. The quantitative estimate of drug-likeness (QED) is 0.632. The fourth-order valence-electron chi connectivity index (χ4n) is 2.06. The smallest absolute Gasteiger partial charge is 0.231 e. The van der Waals surface area contributed by atoms with E-state index in [1.54, 1.807) is 0 Å². The highest BCUT2D eigenvalue weighted by Gasteiger charge is 2.27. The summed E-state index contributed by atoms with van der Waals surface area (Å²) in [5, 5.41) is 0. The highest BCUT2D eigenvalue weighted by Crippen LogP contribution is 2.21. The van der Waals surface area contributed by atoms with E-state index in [-0.39, 0.29) is 5.91 Å². The molecule has 4 N–H and O–H groups in total. The van der Waals surface area contributed by atoms with Crippen LogP contribution in [0.5, 0.6) is 0 Å². The number of primary amides is 1. The van der Waals surface area contributed by atoms with Gasteiger partial charge < -0.3 is 11.5 Å². The normalized spacial score (nSPS) is 30.3. The first-order valence-electron chi connectivity index (χ1n) is 4.89. The number of hydrogen-bond donors (Lipinski definition) is 2. The van der Waals surface area contributed by atoms with Crippen molar-refractivity contribution in [3.63, 3.8) is 0 Å². The predicted octanol–water partition coefficient (Wildman–Crippen LogP) is -0.327. The fourth-order valence-corrected chi connectivity index (χ4v) is 2.06. The van der Waals surface area contributed by atoms with Crippen LogP contribution in [0, 0.1) is 0 Å². The van der Waals surface area contributed by atoms with E-state index in [1.807, 2.05) is 0 Å². The van der Waals surface area contributed by atoms with Gasteiger partial charge >= 0.3 is 0 Å². The average molecular weight is 185 g/mol. The van der Waals surface area contributed by atoms with E-state index >= 15 is 0 Å². The first kappa shape index (κ1) is 10.5. The molecule has 1 fully saturated rings. The van der Waals surface area contributed by atoms with Crippen LogP contribution in [0.25, 0.3) is 0 Å². The van der Waals surface area contributed by atoms with Crippen molar-refractivity contribution < 1.29 is 4.79 Å². The summed E-state index contributed by atoms with van der Waals surface area (Å²) in [5.74, 6) is -0.257. The Labute approximate surface area is 79.3 Å². The average Bonchev–Trinajstić information content (AvgIpc) is 2.08. The van der Waals surface area contributed by atoms with E-state index in [9.17, 15) is 4.79 Å². The highest BCUT2D eigenvalue weighted by atomic mass is 16.1. The van der Waals surface area contributed by atoms with Crippen molar-refractivity contribution in [2.24, 2.45) is 11.5 Å². The zero-order valence-corrected chi connectivity index (χ0v) is 8.20. The van der Waals surface area contributed by atoms with E-state index in [1.165, 1.54) is 6.42 Å². The summed E-state index contributed by atoms with van der Waals surface area (Å²) in [6.45, 7) is 3.10. The van der Waals surface area contributed by atoms with Crippen molar-refractivity contribution in [2.45, 2.75) is 38.3 Å². The molecule has 13 heavy (non-hydrogen) atoms. The molecule has 4 heteroatoms. The molecule has 2 unspecified atom stereocenters. The molecular formula is C9H19N3O. The monoisotopic (exact) mass is 185 g/mol. The largest absolute Gasteiger partial charge is 0.369 e. The summed E-state index contributed by atoms with van der Waals surface area (Å²) < 4.78 is 0. The van der Waals surface area contributed by atoms with Crippen molar-refractivity contribution in [3.05, 3.63) is 0 Å². The van der Waals surface area contributed by atoms with Gasteiger partial charge in [-0.1, -0.05) is 6.42 Å². The first-order valence-corrected chi connectivity index (χ1v) is 4.89. The van der Waals surface area contributed by atoms with Gasteiger partial charge in [-0.25, -0.2) is 0 Å². The molecule has 0 bridgehead atoms. The molecule has 0 aliphatic carbocycles. The Kier molecular flexibility index (Phi) is 3.69. The Morgan fingerprint density at radius 2 is 2.23 bits per heavy atom. The number of nitrogens with zero attached hydrogens (tertiary/aromatic N) is 1. The lowest BCUT2D eigenvalue weighted by atomic mass is 9.96. The Morgan fingerprint density at radius 1 is 1.54 bits per heavy atom. The van der Waals surface area contributed by atoms with Crippen LogP contribution in [-0.2, 0) is 4.79 Å². The number of rotatable bonds is 3. The molecule has 4 nitrogen and oxygen atoms in total. The Morgan fingerprint density at radius 3 is 2.77 bits per heavy atom. The van der Waals surface area contributed by atoms with Gasteiger partial charge in [-0.3, -0.25) is 9.69 Å². The molecule has 1 amide bonds. The number of carbonyl (C=O) groups is 1. The lowest BCUT2D eigenvalue weighted by Gasteiger charge is -2.39. The fraction of sp³-hybridized carbons (Fsp3) is 0.889. The Balaban J connectivity index is 2.56. The number of likely N-dealkylation sites (tertiary alicyclic amines) is 1. The van der Waals surface area contributed by atoms with Crippen molar-refractivity contribution in [1.29, 1.82) is 0 Å². The lowest BCUT2D eigenvalue weighted by molar-refractivity contribution is -0.120. The third kappa shape index (κ3) is 2.67. The molecule has 0 aromatic heterocycles. The van der Waals surface area contributed by atoms with Gasteiger partial charge in [0.15, 0.2) is 0 Å². The van der Waals surface area contributed by atoms with Crippen molar-refractivity contribution in [3.8, 4) is 0 Å². The molecule has 1 saturated heterocycles. The predicted molar refractivity (Wildman–Crippen MR) is 52.1 cm³/mol. The van der Waals surface area contributed by atoms with Crippen LogP contribution in [0.2, 0.25) is 0 Å². The third-order valence-corrected chi connectivity index (χ3v) is 2.80. The summed E-state index contributed by atoms with van der Waals surface area (Å²) in [6, 6.07) is 0.783. The van der Waals surface area contributed by atoms with Crippen LogP contribution in [0.3, 0.4) is 0 Å². The number of carbonyl (C=O) groups excluding carboxylic acids is 1. The summed E-state index contributed by atoms with van der Waals surface area (Å²) >= 11 is 0. The van der Waals surface area contributed by atoms with Crippen molar-refractivity contribution >= 4 is 5.91 Å². The SMILES string of the molecule is CC1CCCC(CN)N1CC(N)=O. The molecule has 1 heterocycles. The molecule has 0 radical (unpaired) electrons. The Bertz CT molecular complexity index is 184. The maximum absolute atomic E-state index is 10.8. The molecule has 0 spiro atoms. The van der Waals surface area contributed by atoms with Gasteiger partial charge in [-0.15, -0.1) is 0 Å². The van der Waals surface area contributed by atoms with Gasteiger partial charge in [-0.2, -0.15) is 0 Å². The summed E-state index contributed by atoms with van der Waals surface area (Å²) in [6.07, 6.45) is 3.44. The number of hydrogen-bond acceptors (Lipinski definition) is 3. The molecular weight excluding hydrogens is 166 g/mol. The zero-order chi connectivity index (χ0) is 9.84. The van der Waals surface area contributed by atoms with Gasteiger partial charge in [0.05, 0.1) is 6.54 Å². The maximum atomic E-state index is 10.8.